The largest absolute Gasteiger partial charge is 0.0720 e. The molecule has 136 valence electrons. The Balaban J connectivity index is 1.74. The Labute approximate surface area is 168 Å². The zero-order valence-corrected chi connectivity index (χ0v) is 17.4. The van der Waals surface area contributed by atoms with Gasteiger partial charge in [-0.15, -0.1) is 0 Å². The molecule has 0 nitrogen and oxygen atoms in total. The molecule has 0 aliphatic heterocycles. The molecule has 0 amide bonds. The molecule has 28 heavy (non-hydrogen) atoms. The fraction of sp³-hybridized carbons (Fsp3) is 0.148. The molecule has 0 aromatic heterocycles. The van der Waals surface area contributed by atoms with Crippen LogP contribution in [0.15, 0.2) is 84.4 Å². The molecule has 0 saturated carbocycles. The highest BCUT2D eigenvalue weighted by Crippen LogP contribution is 2.41. The summed E-state index contributed by atoms with van der Waals surface area (Å²) in [7, 11) is -0.538. The minimum Gasteiger partial charge on any atom is -0.0720 e. The van der Waals surface area contributed by atoms with Crippen molar-refractivity contribution in [1.82, 2.24) is 0 Å². The normalized spacial score (nSPS) is 16.7. The molecule has 0 spiro atoms. The van der Waals surface area contributed by atoms with Gasteiger partial charge in [-0.25, -0.2) is 0 Å². The van der Waals surface area contributed by atoms with Crippen LogP contribution in [0.1, 0.15) is 28.2 Å². The Bertz CT molecular complexity index is 1240. The molecule has 0 saturated heterocycles. The Hall–Kier alpha value is -2.77. The molecular weight excluding hydrogens is 352 g/mol. The lowest BCUT2D eigenvalue weighted by Crippen LogP contribution is -2.15. The third kappa shape index (κ3) is 2.87. The van der Waals surface area contributed by atoms with Crippen molar-refractivity contribution >= 4 is 26.1 Å². The highest BCUT2D eigenvalue weighted by molar-refractivity contribution is 6.47. The summed E-state index contributed by atoms with van der Waals surface area (Å²) in [6, 6.07) is 26.7. The summed E-state index contributed by atoms with van der Waals surface area (Å²) in [5.74, 6) is 0.361. The Morgan fingerprint density at radius 2 is 1.54 bits per heavy atom. The smallest absolute Gasteiger partial charge is 0.0282 e. The molecule has 0 N–H and O–H groups in total. The minimum atomic E-state index is -0.538. The van der Waals surface area contributed by atoms with Crippen molar-refractivity contribution in [2.45, 2.75) is 25.4 Å². The van der Waals surface area contributed by atoms with E-state index in [2.05, 4.69) is 104 Å². The van der Waals surface area contributed by atoms with Crippen molar-refractivity contribution in [3.8, 4) is 0 Å². The highest BCUT2D eigenvalue weighted by Gasteiger charge is 2.27. The van der Waals surface area contributed by atoms with E-state index in [1.165, 1.54) is 38.6 Å². The van der Waals surface area contributed by atoms with Crippen LogP contribution in [0.5, 0.6) is 0 Å². The zero-order chi connectivity index (χ0) is 19.1. The number of hydrogen-bond acceptors (Lipinski definition) is 0. The van der Waals surface area contributed by atoms with Gasteiger partial charge in [0.05, 0.1) is 0 Å². The van der Waals surface area contributed by atoms with Gasteiger partial charge in [0.1, 0.15) is 0 Å². The summed E-state index contributed by atoms with van der Waals surface area (Å²) >= 11 is 0. The monoisotopic (exact) mass is 376 g/mol. The summed E-state index contributed by atoms with van der Waals surface area (Å²) < 4.78 is 0. The molecule has 0 heterocycles. The predicted molar refractivity (Wildman–Crippen MR) is 122 cm³/mol. The van der Waals surface area contributed by atoms with Crippen molar-refractivity contribution < 1.29 is 0 Å². The quantitative estimate of drug-likeness (QED) is 0.501. The van der Waals surface area contributed by atoms with Crippen LogP contribution in [0.25, 0.3) is 17.7 Å². The van der Waals surface area contributed by atoms with Crippen LogP contribution in [-0.4, -0.2) is 8.41 Å². The summed E-state index contributed by atoms with van der Waals surface area (Å²) in [5.41, 5.74) is 8.60. The van der Waals surface area contributed by atoms with Crippen LogP contribution >= 0.6 is 0 Å². The van der Waals surface area contributed by atoms with Crippen LogP contribution < -0.4 is 5.22 Å². The van der Waals surface area contributed by atoms with E-state index in [1.807, 2.05) is 0 Å². The van der Waals surface area contributed by atoms with Gasteiger partial charge in [0, 0.05) is 14.3 Å². The molecule has 0 fully saturated rings. The first kappa shape index (κ1) is 17.3. The molecule has 1 unspecified atom stereocenters. The maximum absolute atomic E-state index is 2.46. The van der Waals surface area contributed by atoms with Gasteiger partial charge in [-0.05, 0) is 55.9 Å². The second-order valence-electron chi connectivity index (χ2n) is 7.98. The number of fused-ring (bicyclic) bond motifs is 2. The molecule has 3 aromatic carbocycles. The zero-order valence-electron chi connectivity index (χ0n) is 16.4. The molecule has 1 atom stereocenters. The van der Waals surface area contributed by atoms with E-state index in [1.54, 1.807) is 4.81 Å². The molecule has 2 aliphatic carbocycles. The Morgan fingerprint density at radius 1 is 0.786 bits per heavy atom. The maximum atomic E-state index is 2.46. The lowest BCUT2D eigenvalue weighted by molar-refractivity contribution is 1.05. The van der Waals surface area contributed by atoms with E-state index in [0.717, 1.165) is 6.42 Å². The van der Waals surface area contributed by atoms with Crippen LogP contribution in [0.3, 0.4) is 0 Å². The lowest BCUT2D eigenvalue weighted by atomic mass is 9.86. The van der Waals surface area contributed by atoms with Crippen molar-refractivity contribution in [1.29, 1.82) is 0 Å². The van der Waals surface area contributed by atoms with Crippen molar-refractivity contribution in [2.75, 3.05) is 0 Å². The van der Waals surface area contributed by atoms with E-state index in [9.17, 15) is 0 Å². The first-order valence-electron chi connectivity index (χ1n) is 10.0. The summed E-state index contributed by atoms with van der Waals surface area (Å²) in [4.78, 5) is 1.56. The number of hydrogen-bond donors (Lipinski definition) is 0. The van der Waals surface area contributed by atoms with Gasteiger partial charge in [-0.3, -0.25) is 0 Å². The van der Waals surface area contributed by atoms with Crippen molar-refractivity contribution in [2.24, 2.45) is 0 Å². The van der Waals surface area contributed by atoms with E-state index in [4.69, 9.17) is 0 Å². The molecule has 3 aromatic rings. The fourth-order valence-electron chi connectivity index (χ4n) is 4.63. The Kier molecular flexibility index (Phi) is 4.33. The standard InChI is InChI=1S/C27H24Si/c1-28(2)26-14-8-12-21-18-24(23-16-15-20-11-6-7-13-22(20)23)25(27(21)26)17-19-9-4-3-5-10-19/h3-16,18,23H,17H2,1-2H3. The molecular formula is C27H24Si. The number of rotatable bonds is 3. The van der Waals surface area contributed by atoms with Crippen LogP contribution in [-0.2, 0) is 6.42 Å². The molecule has 1 heteroatoms. The first-order valence-corrected chi connectivity index (χ1v) is 12.5. The number of allylic oxidation sites excluding steroid dienone is 2. The van der Waals surface area contributed by atoms with E-state index in [0.29, 0.717) is 5.92 Å². The first-order chi connectivity index (χ1) is 13.7. The van der Waals surface area contributed by atoms with Gasteiger partial charge in [-0.1, -0.05) is 98.0 Å². The van der Waals surface area contributed by atoms with E-state index in [-0.39, 0.29) is 0 Å². The van der Waals surface area contributed by atoms with Crippen molar-refractivity contribution in [3.05, 3.63) is 117 Å². The summed E-state index contributed by atoms with van der Waals surface area (Å²) in [6.45, 7) is 4.81. The summed E-state index contributed by atoms with van der Waals surface area (Å²) in [5, 5.41) is 1.51. The van der Waals surface area contributed by atoms with Crippen LogP contribution in [0.2, 0.25) is 13.1 Å². The second kappa shape index (κ2) is 6.99. The van der Waals surface area contributed by atoms with Crippen LogP contribution in [0, 0.1) is 4.81 Å². The Morgan fingerprint density at radius 3 is 2.36 bits per heavy atom. The third-order valence-corrected chi connectivity index (χ3v) is 7.45. The molecule has 2 aliphatic rings. The minimum absolute atomic E-state index is 0.361. The SMILES string of the molecule is C[Si](C)=c1cccc2c1=C(Cc1ccccc1)C(C1C=Cc3ccccc31)=C2. The van der Waals surface area contributed by atoms with Gasteiger partial charge in [0.2, 0.25) is 0 Å². The molecule has 0 bridgehead atoms. The molecule has 0 radical (unpaired) electrons. The highest BCUT2D eigenvalue weighted by atomic mass is 28.2. The van der Waals surface area contributed by atoms with Crippen LogP contribution in [0.4, 0.5) is 0 Å². The third-order valence-electron chi connectivity index (χ3n) is 5.95. The number of benzene rings is 3. The van der Waals surface area contributed by atoms with E-state index < -0.39 is 8.41 Å². The van der Waals surface area contributed by atoms with Gasteiger partial charge >= 0.3 is 0 Å². The predicted octanol–water partition coefficient (Wildman–Crippen LogP) is 5.87. The maximum Gasteiger partial charge on any atom is 0.0282 e. The molecule has 5 rings (SSSR count). The average Bonchev–Trinajstić information content (AvgIpc) is 3.30. The van der Waals surface area contributed by atoms with Gasteiger partial charge < -0.3 is 0 Å². The summed E-state index contributed by atoms with van der Waals surface area (Å²) in [6.07, 6.45) is 8.13. The van der Waals surface area contributed by atoms with E-state index >= 15 is 0 Å². The van der Waals surface area contributed by atoms with Gasteiger partial charge in [0.15, 0.2) is 0 Å². The van der Waals surface area contributed by atoms with Gasteiger partial charge in [0.25, 0.3) is 0 Å². The topological polar surface area (TPSA) is 0 Å². The average molecular weight is 377 g/mol. The second-order valence-corrected chi connectivity index (χ2v) is 10.5. The van der Waals surface area contributed by atoms with Gasteiger partial charge in [-0.2, -0.15) is 0 Å². The lowest BCUT2D eigenvalue weighted by Gasteiger charge is -2.17. The fourth-order valence-corrected chi connectivity index (χ4v) is 5.86. The van der Waals surface area contributed by atoms with Crippen molar-refractivity contribution in [3.63, 3.8) is 0 Å².